The summed E-state index contributed by atoms with van der Waals surface area (Å²) >= 11 is 0. The highest BCUT2D eigenvalue weighted by molar-refractivity contribution is 5.96. The van der Waals surface area contributed by atoms with Crippen molar-refractivity contribution in [2.24, 2.45) is 5.92 Å². The summed E-state index contributed by atoms with van der Waals surface area (Å²) in [6.07, 6.45) is 1.62. The Morgan fingerprint density at radius 2 is 2.05 bits per heavy atom. The van der Waals surface area contributed by atoms with Gasteiger partial charge in [0.05, 0.1) is 5.56 Å². The van der Waals surface area contributed by atoms with E-state index in [1.165, 1.54) is 6.07 Å². The van der Waals surface area contributed by atoms with Crippen LogP contribution in [0.15, 0.2) is 12.1 Å². The van der Waals surface area contributed by atoms with Crippen molar-refractivity contribution in [3.63, 3.8) is 0 Å². The number of carboxylic acid groups (broad SMARTS) is 1. The number of carbonyl (C=O) groups is 2. The number of rotatable bonds is 3. The third-order valence-corrected chi connectivity index (χ3v) is 4.16. The summed E-state index contributed by atoms with van der Waals surface area (Å²) in [5, 5.41) is 15.4. The number of aromatic carboxylic acids is 1. The minimum Gasteiger partial charge on any atom is -0.478 e. The fourth-order valence-electron chi connectivity index (χ4n) is 2.77. The lowest BCUT2D eigenvalue weighted by Crippen LogP contribution is -2.40. The number of hydrogen-bond donors (Lipinski definition) is 3. The molecule has 1 saturated heterocycles. The van der Waals surface area contributed by atoms with E-state index in [1.807, 2.05) is 13.0 Å². The van der Waals surface area contributed by atoms with Gasteiger partial charge in [0.2, 0.25) is 5.91 Å². The number of carboxylic acids is 1. The third-order valence-electron chi connectivity index (χ3n) is 4.16. The summed E-state index contributed by atoms with van der Waals surface area (Å²) in [6.45, 7) is 6.54. The molecule has 0 spiro atoms. The van der Waals surface area contributed by atoms with Crippen LogP contribution in [0.3, 0.4) is 0 Å². The van der Waals surface area contributed by atoms with Crippen LogP contribution in [0.1, 0.15) is 41.3 Å². The van der Waals surface area contributed by atoms with Crippen molar-refractivity contribution in [1.29, 1.82) is 0 Å². The number of benzene rings is 1. The highest BCUT2D eigenvalue weighted by Gasteiger charge is 2.25. The Morgan fingerprint density at radius 1 is 1.33 bits per heavy atom. The molecule has 3 N–H and O–H groups in total. The van der Waals surface area contributed by atoms with Crippen molar-refractivity contribution in [2.75, 3.05) is 11.9 Å². The van der Waals surface area contributed by atoms with Crippen LogP contribution in [0.4, 0.5) is 5.69 Å². The number of nitrogens with one attached hydrogen (secondary N) is 2. The molecule has 0 saturated carbocycles. The number of piperidine rings is 1. The normalized spacial score (nSPS) is 21.9. The van der Waals surface area contributed by atoms with E-state index < -0.39 is 5.97 Å². The Bertz CT molecular complexity index is 569. The molecule has 1 aliphatic heterocycles. The second kappa shape index (κ2) is 6.26. The van der Waals surface area contributed by atoms with Gasteiger partial charge in [-0.2, -0.15) is 0 Å². The van der Waals surface area contributed by atoms with Crippen LogP contribution < -0.4 is 10.6 Å². The van der Waals surface area contributed by atoms with Crippen molar-refractivity contribution >= 4 is 17.6 Å². The monoisotopic (exact) mass is 290 g/mol. The van der Waals surface area contributed by atoms with Crippen molar-refractivity contribution in [1.82, 2.24) is 5.32 Å². The molecule has 0 bridgehead atoms. The zero-order valence-corrected chi connectivity index (χ0v) is 12.7. The summed E-state index contributed by atoms with van der Waals surface area (Å²) in [7, 11) is 0. The molecule has 0 aliphatic carbocycles. The summed E-state index contributed by atoms with van der Waals surface area (Å²) in [5.74, 6) is -1.01. The van der Waals surface area contributed by atoms with Gasteiger partial charge in [-0.05, 0) is 63.4 Å². The van der Waals surface area contributed by atoms with Gasteiger partial charge in [-0.15, -0.1) is 0 Å². The Morgan fingerprint density at radius 3 is 2.67 bits per heavy atom. The van der Waals surface area contributed by atoms with E-state index in [1.54, 1.807) is 6.92 Å². The minimum absolute atomic E-state index is 0.0175. The van der Waals surface area contributed by atoms with Crippen LogP contribution in [0.5, 0.6) is 0 Å². The average Bonchev–Trinajstić information content (AvgIpc) is 2.42. The standard InChI is InChI=1S/C16H22N2O3/c1-9-6-13(8-14(11(9)3)16(20)21)18-15(19)12-4-5-17-10(2)7-12/h6,8,10,12,17H,4-5,7H2,1-3H3,(H,18,19)(H,20,21). The summed E-state index contributed by atoms with van der Waals surface area (Å²) in [4.78, 5) is 23.5. The predicted octanol–water partition coefficient (Wildman–Crippen LogP) is 2.33. The number of hydrogen-bond acceptors (Lipinski definition) is 3. The molecule has 0 radical (unpaired) electrons. The second-order valence-electron chi connectivity index (χ2n) is 5.84. The van der Waals surface area contributed by atoms with Gasteiger partial charge in [0.25, 0.3) is 0 Å². The van der Waals surface area contributed by atoms with Crippen molar-refractivity contribution in [3.05, 3.63) is 28.8 Å². The second-order valence-corrected chi connectivity index (χ2v) is 5.84. The third kappa shape index (κ3) is 3.61. The Hall–Kier alpha value is -1.88. The van der Waals surface area contributed by atoms with Gasteiger partial charge in [-0.3, -0.25) is 4.79 Å². The predicted molar refractivity (Wildman–Crippen MR) is 81.7 cm³/mol. The van der Waals surface area contributed by atoms with Crippen LogP contribution >= 0.6 is 0 Å². The quantitative estimate of drug-likeness (QED) is 0.798. The van der Waals surface area contributed by atoms with Gasteiger partial charge in [0.15, 0.2) is 0 Å². The highest BCUT2D eigenvalue weighted by Crippen LogP contribution is 2.23. The minimum atomic E-state index is -0.970. The molecule has 21 heavy (non-hydrogen) atoms. The molecule has 1 aromatic rings. The van der Waals surface area contributed by atoms with Gasteiger partial charge in [0.1, 0.15) is 0 Å². The summed E-state index contributed by atoms with van der Waals surface area (Å²) in [5.41, 5.74) is 2.40. The molecule has 0 aromatic heterocycles. The largest absolute Gasteiger partial charge is 0.478 e. The topological polar surface area (TPSA) is 78.4 Å². The zero-order chi connectivity index (χ0) is 15.6. The zero-order valence-electron chi connectivity index (χ0n) is 12.7. The van der Waals surface area contributed by atoms with Crippen molar-refractivity contribution < 1.29 is 14.7 Å². The van der Waals surface area contributed by atoms with Gasteiger partial charge in [-0.1, -0.05) is 0 Å². The van der Waals surface area contributed by atoms with E-state index in [0.29, 0.717) is 11.7 Å². The van der Waals surface area contributed by atoms with E-state index >= 15 is 0 Å². The van der Waals surface area contributed by atoms with Crippen LogP contribution in [-0.4, -0.2) is 29.6 Å². The molecule has 1 fully saturated rings. The first kappa shape index (κ1) is 15.5. The van der Waals surface area contributed by atoms with E-state index in [-0.39, 0.29) is 17.4 Å². The molecular formula is C16H22N2O3. The van der Waals surface area contributed by atoms with Gasteiger partial charge in [-0.25, -0.2) is 4.79 Å². The molecule has 2 rings (SSSR count). The molecule has 2 unspecified atom stereocenters. The lowest BCUT2D eigenvalue weighted by Gasteiger charge is -2.27. The van der Waals surface area contributed by atoms with Gasteiger partial charge >= 0.3 is 5.97 Å². The molecule has 1 amide bonds. The Balaban J connectivity index is 2.15. The molecule has 5 heteroatoms. The highest BCUT2D eigenvalue weighted by atomic mass is 16.4. The van der Waals surface area contributed by atoms with Crippen LogP contribution in [0.25, 0.3) is 0 Å². The molecular weight excluding hydrogens is 268 g/mol. The maximum atomic E-state index is 12.3. The molecule has 1 heterocycles. The Labute approximate surface area is 124 Å². The molecule has 2 atom stereocenters. The van der Waals surface area contributed by atoms with Gasteiger partial charge < -0.3 is 15.7 Å². The smallest absolute Gasteiger partial charge is 0.336 e. The average molecular weight is 290 g/mol. The molecule has 114 valence electrons. The van der Waals surface area contributed by atoms with Gasteiger partial charge in [0, 0.05) is 17.6 Å². The van der Waals surface area contributed by atoms with E-state index in [4.69, 9.17) is 0 Å². The van der Waals surface area contributed by atoms with Crippen molar-refractivity contribution in [2.45, 2.75) is 39.7 Å². The summed E-state index contributed by atoms with van der Waals surface area (Å²) < 4.78 is 0. The lowest BCUT2D eigenvalue weighted by molar-refractivity contribution is -0.120. The fourth-order valence-corrected chi connectivity index (χ4v) is 2.77. The van der Waals surface area contributed by atoms with E-state index in [2.05, 4.69) is 17.6 Å². The Kier molecular flexibility index (Phi) is 4.63. The van der Waals surface area contributed by atoms with E-state index in [0.717, 1.165) is 30.5 Å². The summed E-state index contributed by atoms with van der Waals surface area (Å²) in [6, 6.07) is 3.70. The number of amides is 1. The first-order valence-electron chi connectivity index (χ1n) is 7.27. The number of carbonyl (C=O) groups excluding carboxylic acids is 1. The molecule has 1 aliphatic rings. The maximum absolute atomic E-state index is 12.3. The molecule has 5 nitrogen and oxygen atoms in total. The first-order chi connectivity index (χ1) is 9.88. The lowest BCUT2D eigenvalue weighted by atomic mass is 9.92. The van der Waals surface area contributed by atoms with E-state index in [9.17, 15) is 14.7 Å². The van der Waals surface area contributed by atoms with Crippen LogP contribution in [0, 0.1) is 19.8 Å². The van der Waals surface area contributed by atoms with Crippen LogP contribution in [-0.2, 0) is 4.79 Å². The fraction of sp³-hybridized carbons (Fsp3) is 0.500. The first-order valence-corrected chi connectivity index (χ1v) is 7.27. The van der Waals surface area contributed by atoms with Crippen LogP contribution in [0.2, 0.25) is 0 Å². The number of aryl methyl sites for hydroxylation is 1. The SMILES string of the molecule is Cc1cc(NC(=O)C2CCNC(C)C2)cc(C(=O)O)c1C. The number of anilines is 1. The van der Waals surface area contributed by atoms with Crippen molar-refractivity contribution in [3.8, 4) is 0 Å². The molecule has 1 aromatic carbocycles. The maximum Gasteiger partial charge on any atom is 0.336 e.